The number of esters is 1. The van der Waals surface area contributed by atoms with E-state index in [0.29, 0.717) is 16.3 Å². The van der Waals surface area contributed by atoms with Crippen LogP contribution in [-0.2, 0) is 20.7 Å². The van der Waals surface area contributed by atoms with Crippen molar-refractivity contribution < 1.29 is 23.9 Å². The molecule has 0 spiro atoms. The van der Waals surface area contributed by atoms with Crippen LogP contribution in [0.4, 0.5) is 5.69 Å². The topological polar surface area (TPSA) is 117 Å². The number of benzene rings is 2. The molecule has 1 unspecified atom stereocenters. The fourth-order valence-electron chi connectivity index (χ4n) is 3.88. The first-order valence-corrected chi connectivity index (χ1v) is 13.1. The molecule has 1 atom stereocenters. The summed E-state index contributed by atoms with van der Waals surface area (Å²) in [6.45, 7) is 1.54. The average molecular weight is 548 g/mol. The van der Waals surface area contributed by atoms with Crippen molar-refractivity contribution >= 4 is 52.6 Å². The number of aryl methyl sites for hydroxylation is 1. The fourth-order valence-corrected chi connectivity index (χ4v) is 5.23. The van der Waals surface area contributed by atoms with Gasteiger partial charge in [0.1, 0.15) is 11.1 Å². The minimum Gasteiger partial charge on any atom is -0.454 e. The van der Waals surface area contributed by atoms with E-state index in [2.05, 4.69) is 11.1 Å². The monoisotopic (exact) mass is 547 g/mol. The summed E-state index contributed by atoms with van der Waals surface area (Å²) >= 11 is 7.11. The third kappa shape index (κ3) is 5.93. The second-order valence-corrected chi connectivity index (χ2v) is 10.0. The number of aromatic nitrogens is 1. The number of rotatable bonds is 9. The molecule has 1 aliphatic rings. The van der Waals surface area contributed by atoms with Gasteiger partial charge < -0.3 is 4.74 Å². The van der Waals surface area contributed by atoms with Crippen molar-refractivity contribution in [2.75, 3.05) is 11.5 Å². The number of carbonyl (C=O) groups is 4. The molecule has 4 rings (SSSR count). The van der Waals surface area contributed by atoms with Crippen LogP contribution in [0.2, 0.25) is 5.02 Å². The second kappa shape index (κ2) is 12.0. The lowest BCUT2D eigenvalue weighted by molar-refractivity contribution is -0.121. The van der Waals surface area contributed by atoms with Crippen molar-refractivity contribution in [3.8, 4) is 6.07 Å². The molecule has 192 valence electrons. The van der Waals surface area contributed by atoms with E-state index in [1.54, 1.807) is 36.4 Å². The number of pyridine rings is 1. The molecule has 2 heterocycles. The number of anilines is 1. The summed E-state index contributed by atoms with van der Waals surface area (Å²) in [5, 5.41) is 9.41. The van der Waals surface area contributed by atoms with E-state index in [0.717, 1.165) is 35.2 Å². The number of nitrogens with zero attached hydrogens (tertiary/aromatic N) is 3. The number of hydrogen-bond donors (Lipinski definition) is 0. The molecule has 8 nitrogen and oxygen atoms in total. The Hall–Kier alpha value is -4.00. The Balaban J connectivity index is 1.42. The molecule has 1 aromatic heterocycles. The van der Waals surface area contributed by atoms with Gasteiger partial charge in [-0.25, -0.2) is 14.7 Å². The minimum atomic E-state index is -0.730. The van der Waals surface area contributed by atoms with Crippen LogP contribution < -0.4 is 4.90 Å². The molecule has 2 amide bonds. The standard InChI is InChI=1S/C28H22ClN3O5S/c1-2-5-19-11-8-18(15-30)26(31-19)38-24-14-25(34)32(27(24)35)20-12-9-17(10-13-20)28(36)37-16-23(33)21-6-3-4-7-22(21)29/h3-4,6-13,24H,2,5,14,16H2,1H3. The predicted molar refractivity (Wildman–Crippen MR) is 142 cm³/mol. The molecular formula is C28H22ClN3O5S. The van der Waals surface area contributed by atoms with E-state index in [9.17, 15) is 24.4 Å². The summed E-state index contributed by atoms with van der Waals surface area (Å²) in [4.78, 5) is 56.1. The van der Waals surface area contributed by atoms with E-state index in [-0.39, 0.29) is 22.6 Å². The smallest absolute Gasteiger partial charge is 0.338 e. The Kier molecular flexibility index (Phi) is 8.56. The Morgan fingerprint density at radius 3 is 2.55 bits per heavy atom. The molecule has 0 saturated carbocycles. The van der Waals surface area contributed by atoms with Crippen molar-refractivity contribution in [2.45, 2.75) is 36.5 Å². The molecule has 38 heavy (non-hydrogen) atoms. The largest absolute Gasteiger partial charge is 0.454 e. The Bertz CT molecular complexity index is 1450. The first kappa shape index (κ1) is 27.0. The van der Waals surface area contributed by atoms with Crippen molar-refractivity contribution in [3.63, 3.8) is 0 Å². The van der Waals surface area contributed by atoms with Crippen LogP contribution in [0.1, 0.15) is 51.7 Å². The van der Waals surface area contributed by atoms with Crippen LogP contribution in [-0.4, -0.2) is 40.4 Å². The maximum absolute atomic E-state index is 13.1. The van der Waals surface area contributed by atoms with E-state index in [1.165, 1.54) is 24.3 Å². The van der Waals surface area contributed by atoms with Gasteiger partial charge in [0.15, 0.2) is 6.61 Å². The van der Waals surface area contributed by atoms with E-state index in [4.69, 9.17) is 16.3 Å². The number of Topliss-reactive ketones (excluding diaryl/α,β-unsaturated/α-hetero) is 1. The molecule has 1 fully saturated rings. The molecule has 0 radical (unpaired) electrons. The summed E-state index contributed by atoms with van der Waals surface area (Å²) in [5.41, 5.74) is 1.88. The van der Waals surface area contributed by atoms with Crippen LogP contribution in [0.3, 0.4) is 0 Å². The lowest BCUT2D eigenvalue weighted by Crippen LogP contribution is -2.31. The number of carbonyl (C=O) groups excluding carboxylic acids is 4. The lowest BCUT2D eigenvalue weighted by atomic mass is 10.1. The zero-order chi connectivity index (χ0) is 27.2. The van der Waals surface area contributed by atoms with E-state index < -0.39 is 35.4 Å². The van der Waals surface area contributed by atoms with Crippen LogP contribution >= 0.6 is 23.4 Å². The highest BCUT2D eigenvalue weighted by Gasteiger charge is 2.40. The van der Waals surface area contributed by atoms with Gasteiger partial charge in [0, 0.05) is 17.7 Å². The normalized spacial score (nSPS) is 14.9. The average Bonchev–Trinajstić information content (AvgIpc) is 3.20. The molecule has 10 heteroatoms. The van der Waals surface area contributed by atoms with E-state index >= 15 is 0 Å². The molecule has 1 saturated heterocycles. The molecule has 3 aromatic rings. The third-order valence-corrected chi connectivity index (χ3v) is 7.29. The first-order valence-electron chi connectivity index (χ1n) is 11.8. The molecular weight excluding hydrogens is 526 g/mol. The van der Waals surface area contributed by atoms with Gasteiger partial charge >= 0.3 is 5.97 Å². The summed E-state index contributed by atoms with van der Waals surface area (Å²) < 4.78 is 5.11. The van der Waals surface area contributed by atoms with Crippen LogP contribution in [0.15, 0.2) is 65.7 Å². The third-order valence-electron chi connectivity index (χ3n) is 5.77. The van der Waals surface area contributed by atoms with Crippen LogP contribution in [0, 0.1) is 11.3 Å². The Morgan fingerprint density at radius 2 is 1.87 bits per heavy atom. The molecule has 2 aromatic carbocycles. The zero-order valence-corrected chi connectivity index (χ0v) is 21.9. The number of halogens is 1. The summed E-state index contributed by atoms with van der Waals surface area (Å²) in [6, 6.07) is 17.8. The number of imide groups is 1. The van der Waals surface area contributed by atoms with Crippen molar-refractivity contribution in [2.24, 2.45) is 0 Å². The maximum Gasteiger partial charge on any atom is 0.338 e. The summed E-state index contributed by atoms with van der Waals surface area (Å²) in [7, 11) is 0. The highest BCUT2D eigenvalue weighted by atomic mass is 35.5. The lowest BCUT2D eigenvalue weighted by Gasteiger charge is -2.15. The second-order valence-electron chi connectivity index (χ2n) is 8.42. The van der Waals surface area contributed by atoms with Crippen molar-refractivity contribution in [1.82, 2.24) is 4.98 Å². The zero-order valence-electron chi connectivity index (χ0n) is 20.3. The summed E-state index contributed by atoms with van der Waals surface area (Å²) in [6.07, 6.45) is 1.59. The van der Waals surface area contributed by atoms with Crippen LogP contribution in [0.5, 0.6) is 0 Å². The van der Waals surface area contributed by atoms with Crippen molar-refractivity contribution in [3.05, 3.63) is 88.1 Å². The highest BCUT2D eigenvalue weighted by Crippen LogP contribution is 2.35. The number of hydrogen-bond acceptors (Lipinski definition) is 8. The highest BCUT2D eigenvalue weighted by molar-refractivity contribution is 8.00. The van der Waals surface area contributed by atoms with E-state index in [1.807, 2.05) is 6.92 Å². The SMILES string of the molecule is CCCc1ccc(C#N)c(SC2CC(=O)N(c3ccc(C(=O)OCC(=O)c4ccccc4Cl)cc3)C2=O)n1. The van der Waals surface area contributed by atoms with Gasteiger partial charge in [-0.1, -0.05) is 48.8 Å². The number of ether oxygens (including phenoxy) is 1. The number of thioether (sulfide) groups is 1. The molecule has 0 N–H and O–H groups in total. The number of amides is 2. The van der Waals surface area contributed by atoms with Crippen molar-refractivity contribution in [1.29, 1.82) is 5.26 Å². The van der Waals surface area contributed by atoms with Crippen LogP contribution in [0.25, 0.3) is 0 Å². The van der Waals surface area contributed by atoms with Gasteiger partial charge in [0.2, 0.25) is 17.6 Å². The quantitative estimate of drug-likeness (QED) is 0.208. The number of ketones is 1. The molecule has 0 aliphatic carbocycles. The van der Waals surface area contributed by atoms with Gasteiger partial charge in [-0.2, -0.15) is 5.26 Å². The van der Waals surface area contributed by atoms with Gasteiger partial charge in [0.25, 0.3) is 0 Å². The molecule has 0 bridgehead atoms. The Labute approximate surface area is 228 Å². The van der Waals surface area contributed by atoms with Gasteiger partial charge in [-0.05, 0) is 55.0 Å². The summed E-state index contributed by atoms with van der Waals surface area (Å²) in [5.74, 6) is -1.98. The molecule has 1 aliphatic heterocycles. The van der Waals surface area contributed by atoms with Gasteiger partial charge in [0.05, 0.1) is 27.1 Å². The minimum absolute atomic E-state index is 0.0397. The maximum atomic E-state index is 13.1. The first-order chi connectivity index (χ1) is 18.3. The number of nitriles is 1. The van der Waals surface area contributed by atoms with Gasteiger partial charge in [-0.3, -0.25) is 14.4 Å². The fraction of sp³-hybridized carbons (Fsp3) is 0.214. The predicted octanol–water partition coefficient (Wildman–Crippen LogP) is 5.02. The Morgan fingerprint density at radius 1 is 1.13 bits per heavy atom. The van der Waals surface area contributed by atoms with Gasteiger partial charge in [-0.15, -0.1) is 0 Å².